The summed E-state index contributed by atoms with van der Waals surface area (Å²) in [6, 6.07) is 19.8. The molecule has 1 aromatic heterocycles. The lowest BCUT2D eigenvalue weighted by atomic mass is 10.2. The van der Waals surface area contributed by atoms with Crippen LogP contribution in [0.3, 0.4) is 0 Å². The number of hydrazine groups is 1. The highest BCUT2D eigenvalue weighted by Crippen LogP contribution is 2.14. The Morgan fingerprint density at radius 3 is 2.38 bits per heavy atom. The number of benzene rings is 2. The van der Waals surface area contributed by atoms with Gasteiger partial charge in [-0.25, -0.2) is 0 Å². The van der Waals surface area contributed by atoms with Gasteiger partial charge in [0.25, 0.3) is 5.91 Å². The highest BCUT2D eigenvalue weighted by molar-refractivity contribution is 5.93. The number of hydrogen-bond donors (Lipinski definition) is 2. The first-order valence-corrected chi connectivity index (χ1v) is 9.11. The molecule has 2 N–H and O–H groups in total. The zero-order valence-corrected chi connectivity index (χ0v) is 16.2. The molecule has 3 rings (SSSR count). The van der Waals surface area contributed by atoms with Crippen molar-refractivity contribution in [1.29, 1.82) is 0 Å². The molecular formula is C22H22N2O5. The summed E-state index contributed by atoms with van der Waals surface area (Å²) < 4.78 is 16.6. The van der Waals surface area contributed by atoms with E-state index in [9.17, 15) is 9.59 Å². The van der Waals surface area contributed by atoms with Crippen molar-refractivity contribution >= 4 is 11.8 Å². The van der Waals surface area contributed by atoms with Crippen molar-refractivity contribution in [3.05, 3.63) is 83.8 Å². The second-order valence-electron chi connectivity index (χ2n) is 6.38. The van der Waals surface area contributed by atoms with E-state index in [0.717, 1.165) is 5.56 Å². The minimum atomic E-state index is -0.788. The van der Waals surface area contributed by atoms with Gasteiger partial charge in [-0.15, -0.1) is 0 Å². The molecule has 0 radical (unpaired) electrons. The molecule has 0 spiro atoms. The Bertz CT molecular complexity index is 951. The predicted octanol–water partition coefficient (Wildman–Crippen LogP) is 3.40. The molecule has 1 unspecified atom stereocenters. The number of ether oxygens (including phenoxy) is 2. The van der Waals surface area contributed by atoms with Crippen molar-refractivity contribution in [1.82, 2.24) is 10.9 Å². The number of para-hydroxylation sites is 1. The number of carbonyl (C=O) groups excluding carboxylic acids is 2. The number of nitrogens with one attached hydrogen (secondary N) is 2. The predicted molar refractivity (Wildman–Crippen MR) is 106 cm³/mol. The van der Waals surface area contributed by atoms with E-state index in [1.54, 1.807) is 25.1 Å². The van der Waals surface area contributed by atoms with Crippen LogP contribution in [0.25, 0.3) is 0 Å². The molecule has 1 heterocycles. The Hall–Kier alpha value is -3.74. The first kappa shape index (κ1) is 20.0. The standard InChI is InChI=1S/C22H22N2O5/c1-15-8-10-18(11-9-15)28-16(2)21(25)23-24-22(26)20-13-12-19(29-20)14-27-17-6-4-3-5-7-17/h3-13,16H,14H2,1-2H3,(H,23,25)(H,24,26). The molecule has 0 aliphatic heterocycles. The number of amides is 2. The summed E-state index contributed by atoms with van der Waals surface area (Å²) in [6.45, 7) is 3.74. The SMILES string of the molecule is Cc1ccc(OC(C)C(=O)NNC(=O)c2ccc(COc3ccccc3)o2)cc1. The third kappa shape index (κ3) is 5.87. The monoisotopic (exact) mass is 394 g/mol. The summed E-state index contributed by atoms with van der Waals surface area (Å²) in [5.41, 5.74) is 5.72. The van der Waals surface area contributed by atoms with Crippen LogP contribution in [0, 0.1) is 6.92 Å². The average molecular weight is 394 g/mol. The van der Waals surface area contributed by atoms with E-state index >= 15 is 0 Å². The topological polar surface area (TPSA) is 89.8 Å². The van der Waals surface area contributed by atoms with Crippen LogP contribution >= 0.6 is 0 Å². The lowest BCUT2D eigenvalue weighted by molar-refractivity contribution is -0.128. The van der Waals surface area contributed by atoms with Gasteiger partial charge >= 0.3 is 5.91 Å². The molecule has 0 aliphatic carbocycles. The summed E-state index contributed by atoms with van der Waals surface area (Å²) in [5.74, 6) is 0.749. The highest BCUT2D eigenvalue weighted by atomic mass is 16.5. The van der Waals surface area contributed by atoms with Crippen LogP contribution in [-0.2, 0) is 11.4 Å². The van der Waals surface area contributed by atoms with Gasteiger partial charge in [0.1, 0.15) is 23.9 Å². The molecule has 2 aromatic carbocycles. The number of carbonyl (C=O) groups is 2. The van der Waals surface area contributed by atoms with Crippen LogP contribution in [0.15, 0.2) is 71.1 Å². The second kappa shape index (κ2) is 9.45. The Morgan fingerprint density at radius 2 is 1.66 bits per heavy atom. The maximum Gasteiger partial charge on any atom is 0.305 e. The molecule has 0 saturated carbocycles. The normalized spacial score (nSPS) is 11.4. The lowest BCUT2D eigenvalue weighted by Crippen LogP contribution is -2.47. The molecule has 1 atom stereocenters. The fourth-order valence-electron chi connectivity index (χ4n) is 2.40. The van der Waals surface area contributed by atoms with Gasteiger partial charge in [-0.3, -0.25) is 20.4 Å². The zero-order chi connectivity index (χ0) is 20.6. The van der Waals surface area contributed by atoms with Crippen molar-refractivity contribution in [2.45, 2.75) is 26.6 Å². The Kier molecular flexibility index (Phi) is 6.52. The van der Waals surface area contributed by atoms with Gasteiger partial charge in [0, 0.05) is 0 Å². The van der Waals surface area contributed by atoms with Crippen molar-refractivity contribution in [3.8, 4) is 11.5 Å². The highest BCUT2D eigenvalue weighted by Gasteiger charge is 2.17. The summed E-state index contributed by atoms with van der Waals surface area (Å²) in [4.78, 5) is 24.3. The van der Waals surface area contributed by atoms with Gasteiger partial charge in [0.2, 0.25) is 0 Å². The molecule has 0 saturated heterocycles. The van der Waals surface area contributed by atoms with Crippen LogP contribution in [-0.4, -0.2) is 17.9 Å². The summed E-state index contributed by atoms with van der Waals surface area (Å²) >= 11 is 0. The molecule has 0 bridgehead atoms. The van der Waals surface area contributed by atoms with E-state index in [-0.39, 0.29) is 12.4 Å². The maximum absolute atomic E-state index is 12.2. The molecule has 0 fully saturated rings. The van der Waals surface area contributed by atoms with Gasteiger partial charge in [-0.2, -0.15) is 0 Å². The number of furan rings is 1. The number of aryl methyl sites for hydroxylation is 1. The van der Waals surface area contributed by atoms with Crippen molar-refractivity contribution < 1.29 is 23.5 Å². The molecule has 150 valence electrons. The molecule has 2 amide bonds. The van der Waals surface area contributed by atoms with Crippen LogP contribution in [0.5, 0.6) is 11.5 Å². The fourth-order valence-corrected chi connectivity index (χ4v) is 2.40. The number of hydrogen-bond acceptors (Lipinski definition) is 5. The maximum atomic E-state index is 12.2. The molecule has 29 heavy (non-hydrogen) atoms. The fraction of sp³-hybridized carbons (Fsp3) is 0.182. The van der Waals surface area contributed by atoms with Crippen molar-refractivity contribution in [2.24, 2.45) is 0 Å². The quantitative estimate of drug-likeness (QED) is 0.600. The lowest BCUT2D eigenvalue weighted by Gasteiger charge is -2.15. The number of rotatable bonds is 7. The van der Waals surface area contributed by atoms with E-state index in [0.29, 0.717) is 17.3 Å². The van der Waals surface area contributed by atoms with Gasteiger partial charge < -0.3 is 13.9 Å². The first-order valence-electron chi connectivity index (χ1n) is 9.11. The third-order valence-corrected chi connectivity index (χ3v) is 4.01. The molecule has 3 aromatic rings. The van der Waals surface area contributed by atoms with Crippen LogP contribution in [0.4, 0.5) is 0 Å². The molecule has 7 heteroatoms. The van der Waals surface area contributed by atoms with E-state index in [2.05, 4.69) is 10.9 Å². The second-order valence-corrected chi connectivity index (χ2v) is 6.38. The zero-order valence-electron chi connectivity index (χ0n) is 16.2. The first-order chi connectivity index (χ1) is 14.0. The molecular weight excluding hydrogens is 372 g/mol. The third-order valence-electron chi connectivity index (χ3n) is 4.01. The Balaban J connectivity index is 1.45. The van der Waals surface area contributed by atoms with Crippen molar-refractivity contribution in [3.63, 3.8) is 0 Å². The minimum Gasteiger partial charge on any atom is -0.486 e. The van der Waals surface area contributed by atoms with Crippen molar-refractivity contribution in [2.75, 3.05) is 0 Å². The van der Waals surface area contributed by atoms with Crippen LogP contribution < -0.4 is 20.3 Å². The van der Waals surface area contributed by atoms with Gasteiger partial charge in [0.15, 0.2) is 11.9 Å². The molecule has 7 nitrogen and oxygen atoms in total. The molecule has 0 aliphatic rings. The summed E-state index contributed by atoms with van der Waals surface area (Å²) in [5, 5.41) is 0. The minimum absolute atomic E-state index is 0.0593. The van der Waals surface area contributed by atoms with Crippen LogP contribution in [0.1, 0.15) is 28.8 Å². The van der Waals surface area contributed by atoms with Gasteiger partial charge in [0.05, 0.1) is 0 Å². The van der Waals surface area contributed by atoms with Gasteiger partial charge in [-0.1, -0.05) is 35.9 Å². The Morgan fingerprint density at radius 1 is 0.931 bits per heavy atom. The largest absolute Gasteiger partial charge is 0.486 e. The summed E-state index contributed by atoms with van der Waals surface area (Å²) in [6.07, 6.45) is -0.788. The van der Waals surface area contributed by atoms with E-state index in [1.165, 1.54) is 6.07 Å². The van der Waals surface area contributed by atoms with E-state index in [1.807, 2.05) is 49.4 Å². The Labute approximate surface area is 168 Å². The summed E-state index contributed by atoms with van der Waals surface area (Å²) in [7, 11) is 0. The van der Waals surface area contributed by atoms with Gasteiger partial charge in [-0.05, 0) is 50.2 Å². The smallest absolute Gasteiger partial charge is 0.305 e. The van der Waals surface area contributed by atoms with Crippen LogP contribution in [0.2, 0.25) is 0 Å². The van der Waals surface area contributed by atoms with E-state index in [4.69, 9.17) is 13.9 Å². The van der Waals surface area contributed by atoms with E-state index < -0.39 is 17.9 Å². The average Bonchev–Trinajstić information content (AvgIpc) is 3.22.